The van der Waals surface area contributed by atoms with Crippen LogP contribution in [-0.4, -0.2) is 30.4 Å². The first-order chi connectivity index (χ1) is 15.0. The second-order valence-corrected chi connectivity index (χ2v) is 9.63. The van der Waals surface area contributed by atoms with Gasteiger partial charge in [0.2, 0.25) is 0 Å². The maximum absolute atomic E-state index is 10.0. The summed E-state index contributed by atoms with van der Waals surface area (Å²) in [6.45, 7) is 2.85. The minimum atomic E-state index is -0.125. The van der Waals surface area contributed by atoms with Gasteiger partial charge in [-0.15, -0.1) is 0 Å². The van der Waals surface area contributed by atoms with Gasteiger partial charge in [0.1, 0.15) is 0 Å². The third kappa shape index (κ3) is 4.03. The van der Waals surface area contributed by atoms with Crippen LogP contribution in [0.1, 0.15) is 13.8 Å². The molecule has 1 N–H and O–H groups in total. The zero-order valence-electron chi connectivity index (χ0n) is 17.3. The number of fused-ring (bicyclic) bond motifs is 3. The standard InChI is InChI=1S/C21H10NOSe.C5H8O2.Ir/c1-2-5-13-11-18-14(10-12(13)4-1)21-20-16(8-9-22-21)23-15-6-3-7-17(24-18)19(15)20;1-4(6)3-5(2)7;/h1-9,11H;3,6H,1-2H3;/q-1;;/b;4-3-;. The van der Waals surface area contributed by atoms with Gasteiger partial charge in [-0.05, 0) is 13.8 Å². The van der Waals surface area contributed by atoms with E-state index < -0.39 is 0 Å². The molecule has 0 atom stereocenters. The molecular formula is C26H18IrNO3Se-. The summed E-state index contributed by atoms with van der Waals surface area (Å²) < 4.78 is 8.76. The van der Waals surface area contributed by atoms with Crippen LogP contribution >= 0.6 is 0 Å². The first-order valence-corrected chi connectivity index (χ1v) is 11.5. The number of hydrogen-bond acceptors (Lipinski definition) is 4. The first kappa shape index (κ1) is 22.4. The Hall–Kier alpha value is -2.75. The summed E-state index contributed by atoms with van der Waals surface area (Å²) in [5.41, 5.74) is 2.86. The summed E-state index contributed by atoms with van der Waals surface area (Å²) in [6, 6.07) is 22.7. The number of aliphatic hydroxyl groups excluding tert-OH is 1. The van der Waals surface area contributed by atoms with Crippen LogP contribution < -0.4 is 0 Å². The van der Waals surface area contributed by atoms with Gasteiger partial charge in [-0.1, -0.05) is 0 Å². The number of benzene rings is 3. The van der Waals surface area contributed by atoms with Crippen molar-refractivity contribution in [1.29, 1.82) is 0 Å². The summed E-state index contributed by atoms with van der Waals surface area (Å²) in [5.74, 6) is -0.0625. The monoisotopic (exact) mass is 665 g/mol. The van der Waals surface area contributed by atoms with Crippen molar-refractivity contribution in [2.75, 3.05) is 0 Å². The molecule has 6 rings (SSSR count). The van der Waals surface area contributed by atoms with E-state index in [9.17, 15) is 4.79 Å². The Morgan fingerprint density at radius 1 is 1.03 bits per heavy atom. The Bertz CT molecular complexity index is 1640. The second kappa shape index (κ2) is 9.01. The summed E-state index contributed by atoms with van der Waals surface area (Å²) in [4.78, 5) is 14.7. The molecule has 6 aromatic rings. The molecule has 0 spiro atoms. The molecule has 4 nitrogen and oxygen atoms in total. The van der Waals surface area contributed by atoms with Gasteiger partial charge in [-0.3, -0.25) is 4.79 Å². The van der Waals surface area contributed by atoms with E-state index >= 15 is 0 Å². The number of nitrogens with zero attached hydrogens (tertiary/aromatic N) is 1. The Morgan fingerprint density at radius 3 is 2.56 bits per heavy atom. The van der Waals surface area contributed by atoms with Gasteiger partial charge >= 0.3 is 143 Å². The Kier molecular flexibility index (Phi) is 6.32. The minimum absolute atomic E-state index is 0. The van der Waals surface area contributed by atoms with E-state index in [1.165, 1.54) is 39.2 Å². The van der Waals surface area contributed by atoms with Crippen LogP contribution in [-0.2, 0) is 24.9 Å². The average molecular weight is 664 g/mol. The van der Waals surface area contributed by atoms with Crippen molar-refractivity contribution in [1.82, 2.24) is 4.98 Å². The van der Waals surface area contributed by atoms with Gasteiger partial charge in [0.25, 0.3) is 0 Å². The van der Waals surface area contributed by atoms with E-state index in [4.69, 9.17) is 14.5 Å². The van der Waals surface area contributed by atoms with Crippen molar-refractivity contribution in [2.45, 2.75) is 13.8 Å². The zero-order valence-corrected chi connectivity index (χ0v) is 21.4. The predicted octanol–water partition coefficient (Wildman–Crippen LogP) is 6.33. The summed E-state index contributed by atoms with van der Waals surface area (Å²) in [5, 5.41) is 14.2. The summed E-state index contributed by atoms with van der Waals surface area (Å²) in [6.07, 6.45) is 3.00. The van der Waals surface area contributed by atoms with E-state index in [1.807, 2.05) is 12.3 Å². The van der Waals surface area contributed by atoms with E-state index in [0.29, 0.717) is 0 Å². The second-order valence-electron chi connectivity index (χ2n) is 7.36. The molecule has 32 heavy (non-hydrogen) atoms. The van der Waals surface area contributed by atoms with E-state index in [-0.39, 0.29) is 46.2 Å². The van der Waals surface area contributed by atoms with E-state index in [0.717, 1.165) is 32.8 Å². The van der Waals surface area contributed by atoms with Crippen molar-refractivity contribution >= 4 is 72.4 Å². The Labute approximate surface area is 203 Å². The van der Waals surface area contributed by atoms with Crippen LogP contribution in [0.4, 0.5) is 0 Å². The molecule has 0 saturated carbocycles. The number of aliphatic hydroxyl groups is 1. The molecule has 0 saturated heterocycles. The van der Waals surface area contributed by atoms with Crippen LogP contribution in [0.5, 0.6) is 0 Å². The third-order valence-corrected chi connectivity index (χ3v) is 7.31. The molecular weight excluding hydrogens is 645 g/mol. The normalized spacial score (nSPS) is 11.6. The number of carbonyl (C=O) groups is 1. The van der Waals surface area contributed by atoms with Crippen LogP contribution in [0.15, 0.2) is 77.0 Å². The number of hydrogen-bond donors (Lipinski definition) is 1. The number of allylic oxidation sites excluding steroid dienone is 2. The Balaban J connectivity index is 0.000000271. The van der Waals surface area contributed by atoms with E-state index in [1.54, 1.807) is 0 Å². The van der Waals surface area contributed by atoms with Crippen LogP contribution in [0.3, 0.4) is 0 Å². The fourth-order valence-corrected chi connectivity index (χ4v) is 6.18. The Morgan fingerprint density at radius 2 is 1.81 bits per heavy atom. The van der Waals surface area contributed by atoms with Crippen LogP contribution in [0.2, 0.25) is 0 Å². The van der Waals surface area contributed by atoms with Gasteiger partial charge in [-0.25, -0.2) is 0 Å². The average Bonchev–Trinajstić information content (AvgIpc) is 3.05. The van der Waals surface area contributed by atoms with Crippen molar-refractivity contribution in [2.24, 2.45) is 0 Å². The van der Waals surface area contributed by atoms with E-state index in [2.05, 4.69) is 54.6 Å². The third-order valence-electron chi connectivity index (χ3n) is 4.99. The molecule has 3 heterocycles. The fourth-order valence-electron chi connectivity index (χ4n) is 3.82. The van der Waals surface area contributed by atoms with Gasteiger partial charge in [0.05, 0.1) is 5.76 Å². The van der Waals surface area contributed by atoms with Gasteiger partial charge in [-0.2, -0.15) is 0 Å². The topological polar surface area (TPSA) is 63.3 Å². The molecule has 0 unspecified atom stereocenters. The maximum atomic E-state index is 10.0. The predicted molar refractivity (Wildman–Crippen MR) is 127 cm³/mol. The number of furan rings is 1. The molecule has 0 aliphatic heterocycles. The summed E-state index contributed by atoms with van der Waals surface area (Å²) in [7, 11) is 0. The van der Waals surface area contributed by atoms with Crippen LogP contribution in [0.25, 0.3) is 52.1 Å². The molecule has 0 fully saturated rings. The van der Waals surface area contributed by atoms with Crippen LogP contribution in [0, 0.1) is 6.07 Å². The zero-order chi connectivity index (χ0) is 21.5. The molecule has 3 aromatic carbocycles. The van der Waals surface area contributed by atoms with Crippen molar-refractivity contribution < 1.29 is 34.4 Å². The molecule has 0 amide bonds. The van der Waals surface area contributed by atoms with Crippen molar-refractivity contribution in [3.8, 4) is 0 Å². The van der Waals surface area contributed by atoms with Gasteiger partial charge < -0.3 is 5.11 Å². The fraction of sp³-hybridized carbons (Fsp3) is 0.0769. The van der Waals surface area contributed by atoms with Gasteiger partial charge in [0, 0.05) is 26.2 Å². The molecule has 0 aliphatic rings. The van der Waals surface area contributed by atoms with Crippen molar-refractivity contribution in [3.05, 3.63) is 78.7 Å². The molecule has 0 aliphatic carbocycles. The number of aromatic nitrogens is 1. The van der Waals surface area contributed by atoms with Gasteiger partial charge in [0.15, 0.2) is 5.78 Å². The quantitative estimate of drug-likeness (QED) is 0.0967. The molecule has 1 radical (unpaired) electrons. The summed E-state index contributed by atoms with van der Waals surface area (Å²) >= 11 is 0.201. The number of pyridine rings is 1. The SMILES string of the molecule is CC(=O)/C=C(/C)O.[Ir].[c-]1c2ccccc2cc2[se]c3cccc4oc5ccnc(c12)c5c43. The molecule has 161 valence electrons. The first-order valence-electron chi connectivity index (χ1n) is 9.82. The molecule has 6 heteroatoms. The number of carbonyl (C=O) groups excluding carboxylic acids is 1. The number of rotatable bonds is 1. The van der Waals surface area contributed by atoms with Crippen molar-refractivity contribution in [3.63, 3.8) is 0 Å². The molecule has 0 bridgehead atoms. The number of ketones is 1. The molecule has 3 aromatic heterocycles.